The van der Waals surface area contributed by atoms with Gasteiger partial charge in [0.05, 0.1) is 13.7 Å². The monoisotopic (exact) mass is 414 g/mol. The average Bonchev–Trinajstić information content (AvgIpc) is 2.61. The summed E-state index contributed by atoms with van der Waals surface area (Å²) >= 11 is 0. The number of nitrogens with one attached hydrogen (secondary N) is 4. The van der Waals surface area contributed by atoms with Crippen LogP contribution in [0.25, 0.3) is 0 Å². The molecular formula is C19H34N4O6. The van der Waals surface area contributed by atoms with Gasteiger partial charge in [-0.15, -0.1) is 0 Å². The van der Waals surface area contributed by atoms with Crippen molar-refractivity contribution < 1.29 is 28.7 Å². The van der Waals surface area contributed by atoms with Gasteiger partial charge in [-0.2, -0.15) is 0 Å². The lowest BCUT2D eigenvalue weighted by atomic mass is 10.0. The highest BCUT2D eigenvalue weighted by Crippen LogP contribution is 2.06. The number of ether oxygens (including phenoxy) is 1. The van der Waals surface area contributed by atoms with E-state index in [9.17, 15) is 24.0 Å². The highest BCUT2D eigenvalue weighted by molar-refractivity contribution is 5.93. The van der Waals surface area contributed by atoms with Crippen molar-refractivity contribution in [2.24, 2.45) is 11.8 Å². The third-order valence-corrected chi connectivity index (χ3v) is 4.01. The van der Waals surface area contributed by atoms with E-state index in [1.165, 1.54) is 21.0 Å². The van der Waals surface area contributed by atoms with Crippen LogP contribution in [0, 0.1) is 11.8 Å². The standard InChI is InChI=1S/C19H34N4O6/c1-10(2)8-14(19(28)29-7)22-15(25)9-20-18(27)16(11(3)4)23-17(26)12(5)21-13(6)24/h10-12,14,16H,8-9H2,1-7H3,(H,20,27)(H,21,24)(H,22,25)(H,23,26). The molecule has 29 heavy (non-hydrogen) atoms. The van der Waals surface area contributed by atoms with Crippen LogP contribution in [0.2, 0.25) is 0 Å². The molecule has 0 aromatic carbocycles. The Morgan fingerprint density at radius 3 is 1.90 bits per heavy atom. The van der Waals surface area contributed by atoms with E-state index in [4.69, 9.17) is 0 Å². The molecule has 166 valence electrons. The molecule has 10 heteroatoms. The van der Waals surface area contributed by atoms with Crippen molar-refractivity contribution in [3.8, 4) is 0 Å². The van der Waals surface area contributed by atoms with Gasteiger partial charge < -0.3 is 26.0 Å². The lowest BCUT2D eigenvalue weighted by Crippen LogP contribution is -2.55. The first-order valence-corrected chi connectivity index (χ1v) is 9.61. The zero-order valence-corrected chi connectivity index (χ0v) is 18.3. The van der Waals surface area contributed by atoms with Gasteiger partial charge in [-0.05, 0) is 25.2 Å². The van der Waals surface area contributed by atoms with E-state index < -0.39 is 41.8 Å². The number of hydrogen-bond acceptors (Lipinski definition) is 6. The van der Waals surface area contributed by atoms with E-state index in [0.717, 1.165) is 0 Å². The van der Waals surface area contributed by atoms with Crippen molar-refractivity contribution in [2.45, 2.75) is 66.1 Å². The van der Waals surface area contributed by atoms with Gasteiger partial charge in [-0.1, -0.05) is 27.7 Å². The number of amides is 4. The number of carbonyl (C=O) groups is 5. The summed E-state index contributed by atoms with van der Waals surface area (Å²) < 4.78 is 4.68. The number of carbonyl (C=O) groups excluding carboxylic acids is 5. The fraction of sp³-hybridized carbons (Fsp3) is 0.737. The third-order valence-electron chi connectivity index (χ3n) is 4.01. The molecule has 0 aliphatic heterocycles. The zero-order chi connectivity index (χ0) is 22.7. The molecule has 0 fully saturated rings. The summed E-state index contributed by atoms with van der Waals surface area (Å²) in [5.74, 6) is -2.63. The maximum Gasteiger partial charge on any atom is 0.328 e. The molecule has 0 aliphatic rings. The van der Waals surface area contributed by atoms with E-state index in [0.29, 0.717) is 6.42 Å². The molecule has 0 aromatic heterocycles. The van der Waals surface area contributed by atoms with Crippen LogP contribution < -0.4 is 21.3 Å². The lowest BCUT2D eigenvalue weighted by Gasteiger charge is -2.24. The lowest BCUT2D eigenvalue weighted by molar-refractivity contribution is -0.145. The summed E-state index contributed by atoms with van der Waals surface area (Å²) in [5, 5.41) is 10.0. The summed E-state index contributed by atoms with van der Waals surface area (Å²) in [7, 11) is 1.24. The molecule has 4 N–H and O–H groups in total. The first kappa shape index (κ1) is 26.4. The van der Waals surface area contributed by atoms with Gasteiger partial charge >= 0.3 is 5.97 Å². The molecular weight excluding hydrogens is 380 g/mol. The molecule has 0 aromatic rings. The Balaban J connectivity index is 4.82. The van der Waals surface area contributed by atoms with Crippen LogP contribution in [-0.2, 0) is 28.7 Å². The first-order chi connectivity index (χ1) is 13.4. The molecule has 0 rings (SSSR count). The van der Waals surface area contributed by atoms with E-state index >= 15 is 0 Å². The van der Waals surface area contributed by atoms with Crippen molar-refractivity contribution in [3.05, 3.63) is 0 Å². The second-order valence-corrected chi connectivity index (χ2v) is 7.64. The average molecular weight is 415 g/mol. The van der Waals surface area contributed by atoms with Gasteiger partial charge in [-0.25, -0.2) is 4.79 Å². The number of methoxy groups -OCH3 is 1. The fourth-order valence-electron chi connectivity index (χ4n) is 2.53. The summed E-state index contributed by atoms with van der Waals surface area (Å²) in [6, 6.07) is -2.50. The number of rotatable bonds is 11. The summed E-state index contributed by atoms with van der Waals surface area (Å²) in [6.07, 6.45) is 0.401. The minimum Gasteiger partial charge on any atom is -0.467 e. The van der Waals surface area contributed by atoms with E-state index in [1.54, 1.807) is 13.8 Å². The van der Waals surface area contributed by atoms with Gasteiger partial charge in [-0.3, -0.25) is 19.2 Å². The zero-order valence-electron chi connectivity index (χ0n) is 18.3. The summed E-state index contributed by atoms with van der Waals surface area (Å²) in [4.78, 5) is 59.6. The predicted octanol–water partition coefficient (Wildman–Crippen LogP) is -0.528. The molecule has 4 amide bonds. The van der Waals surface area contributed by atoms with Gasteiger partial charge in [0.2, 0.25) is 23.6 Å². The Morgan fingerprint density at radius 1 is 0.862 bits per heavy atom. The van der Waals surface area contributed by atoms with E-state index in [2.05, 4.69) is 26.0 Å². The fourth-order valence-corrected chi connectivity index (χ4v) is 2.53. The molecule has 3 unspecified atom stereocenters. The van der Waals surface area contributed by atoms with Crippen LogP contribution in [0.3, 0.4) is 0 Å². The van der Waals surface area contributed by atoms with Crippen LogP contribution in [0.15, 0.2) is 0 Å². The molecule has 0 heterocycles. The van der Waals surface area contributed by atoms with Crippen molar-refractivity contribution >= 4 is 29.6 Å². The van der Waals surface area contributed by atoms with Crippen LogP contribution in [0.1, 0.15) is 48.0 Å². The van der Waals surface area contributed by atoms with Crippen LogP contribution in [-0.4, -0.2) is 61.4 Å². The van der Waals surface area contributed by atoms with Crippen LogP contribution in [0.4, 0.5) is 0 Å². The van der Waals surface area contributed by atoms with Crippen LogP contribution in [0.5, 0.6) is 0 Å². The molecule has 10 nitrogen and oxygen atoms in total. The maximum absolute atomic E-state index is 12.4. The summed E-state index contributed by atoms with van der Waals surface area (Å²) in [6.45, 7) is 9.72. The Morgan fingerprint density at radius 2 is 1.45 bits per heavy atom. The second-order valence-electron chi connectivity index (χ2n) is 7.64. The Hall–Kier alpha value is -2.65. The van der Waals surface area contributed by atoms with E-state index in [-0.39, 0.29) is 24.3 Å². The predicted molar refractivity (Wildman–Crippen MR) is 106 cm³/mol. The van der Waals surface area contributed by atoms with Crippen molar-refractivity contribution in [3.63, 3.8) is 0 Å². The maximum atomic E-state index is 12.4. The molecule has 3 atom stereocenters. The van der Waals surface area contributed by atoms with Crippen molar-refractivity contribution in [1.29, 1.82) is 0 Å². The highest BCUT2D eigenvalue weighted by Gasteiger charge is 2.27. The van der Waals surface area contributed by atoms with Crippen molar-refractivity contribution in [1.82, 2.24) is 21.3 Å². The largest absolute Gasteiger partial charge is 0.467 e. The van der Waals surface area contributed by atoms with E-state index in [1.807, 2.05) is 13.8 Å². The van der Waals surface area contributed by atoms with Gasteiger partial charge in [0.1, 0.15) is 18.1 Å². The molecule has 0 aliphatic carbocycles. The summed E-state index contributed by atoms with van der Waals surface area (Å²) in [5.41, 5.74) is 0. The second kappa shape index (κ2) is 12.7. The normalized spacial score (nSPS) is 13.8. The quantitative estimate of drug-likeness (QED) is 0.335. The molecule has 0 saturated heterocycles. The molecule has 0 radical (unpaired) electrons. The Kier molecular flexibility index (Phi) is 11.6. The van der Waals surface area contributed by atoms with Gasteiger partial charge in [0.15, 0.2) is 0 Å². The third kappa shape index (κ3) is 10.5. The van der Waals surface area contributed by atoms with Crippen LogP contribution >= 0.6 is 0 Å². The number of hydrogen-bond donors (Lipinski definition) is 4. The number of esters is 1. The first-order valence-electron chi connectivity index (χ1n) is 9.61. The Labute approximate surface area is 171 Å². The topological polar surface area (TPSA) is 143 Å². The molecule has 0 spiro atoms. The van der Waals surface area contributed by atoms with Gasteiger partial charge in [0, 0.05) is 6.92 Å². The van der Waals surface area contributed by atoms with Crippen molar-refractivity contribution in [2.75, 3.05) is 13.7 Å². The minimum absolute atomic E-state index is 0.153. The molecule has 0 bridgehead atoms. The minimum atomic E-state index is -0.890. The highest BCUT2D eigenvalue weighted by atomic mass is 16.5. The molecule has 0 saturated carbocycles. The smallest absolute Gasteiger partial charge is 0.328 e. The van der Waals surface area contributed by atoms with Gasteiger partial charge in [0.25, 0.3) is 0 Å². The Bertz CT molecular complexity index is 606. The SMILES string of the molecule is COC(=O)C(CC(C)C)NC(=O)CNC(=O)C(NC(=O)C(C)NC(C)=O)C(C)C.